The standard InChI is InChI=1S/C12H22N4O2/c1-4-6-12(3,18)7-14-11(17)10-9(13)8(5-2)15-16-10/h18H,4-7,13H2,1-3H3,(H,14,17)(H,15,16). The Balaban J connectivity index is 2.63. The molecule has 0 aliphatic rings. The summed E-state index contributed by atoms with van der Waals surface area (Å²) >= 11 is 0. The molecule has 0 saturated carbocycles. The van der Waals surface area contributed by atoms with Crippen molar-refractivity contribution < 1.29 is 9.90 Å². The first-order valence-corrected chi connectivity index (χ1v) is 6.24. The van der Waals surface area contributed by atoms with Gasteiger partial charge >= 0.3 is 0 Å². The average Bonchev–Trinajstić information content (AvgIpc) is 2.67. The van der Waals surface area contributed by atoms with Gasteiger partial charge in [-0.25, -0.2) is 0 Å². The van der Waals surface area contributed by atoms with Crippen LogP contribution in [0.5, 0.6) is 0 Å². The number of carbonyl (C=O) groups excluding carboxylic acids is 1. The van der Waals surface area contributed by atoms with Crippen LogP contribution >= 0.6 is 0 Å². The number of aromatic nitrogens is 2. The van der Waals surface area contributed by atoms with Crippen molar-refractivity contribution >= 4 is 11.6 Å². The fourth-order valence-corrected chi connectivity index (χ4v) is 1.81. The molecule has 18 heavy (non-hydrogen) atoms. The molecule has 1 unspecified atom stereocenters. The van der Waals surface area contributed by atoms with E-state index in [9.17, 15) is 9.90 Å². The van der Waals surface area contributed by atoms with Crippen molar-refractivity contribution in [3.8, 4) is 0 Å². The Morgan fingerprint density at radius 2 is 2.22 bits per heavy atom. The van der Waals surface area contributed by atoms with Crippen LogP contribution in [0.2, 0.25) is 0 Å². The second-order valence-corrected chi connectivity index (χ2v) is 4.75. The van der Waals surface area contributed by atoms with Gasteiger partial charge in [-0.1, -0.05) is 20.3 Å². The number of nitrogens with one attached hydrogen (secondary N) is 2. The summed E-state index contributed by atoms with van der Waals surface area (Å²) in [5.41, 5.74) is 6.22. The van der Waals surface area contributed by atoms with Crippen LogP contribution in [-0.4, -0.2) is 33.4 Å². The molecular formula is C12H22N4O2. The Labute approximate surface area is 107 Å². The van der Waals surface area contributed by atoms with E-state index < -0.39 is 5.60 Å². The van der Waals surface area contributed by atoms with Gasteiger partial charge in [0, 0.05) is 6.54 Å². The second kappa shape index (κ2) is 5.86. The third kappa shape index (κ3) is 3.46. The van der Waals surface area contributed by atoms with Gasteiger partial charge in [0.15, 0.2) is 5.69 Å². The van der Waals surface area contributed by atoms with Gasteiger partial charge in [0.05, 0.1) is 17.0 Å². The fraction of sp³-hybridized carbons (Fsp3) is 0.667. The molecular weight excluding hydrogens is 232 g/mol. The highest BCUT2D eigenvalue weighted by molar-refractivity contribution is 5.97. The number of nitrogen functional groups attached to an aromatic ring is 1. The predicted molar refractivity (Wildman–Crippen MR) is 70.2 cm³/mol. The number of carbonyl (C=O) groups is 1. The molecule has 0 aliphatic heterocycles. The van der Waals surface area contributed by atoms with Crippen LogP contribution in [-0.2, 0) is 6.42 Å². The molecule has 0 bridgehead atoms. The number of H-pyrrole nitrogens is 1. The van der Waals surface area contributed by atoms with Crippen molar-refractivity contribution in [2.24, 2.45) is 0 Å². The summed E-state index contributed by atoms with van der Waals surface area (Å²) in [6.45, 7) is 5.79. The van der Waals surface area contributed by atoms with Crippen molar-refractivity contribution in [2.45, 2.75) is 45.6 Å². The van der Waals surface area contributed by atoms with E-state index in [0.717, 1.165) is 12.1 Å². The highest BCUT2D eigenvalue weighted by atomic mass is 16.3. The van der Waals surface area contributed by atoms with Crippen LogP contribution in [0.3, 0.4) is 0 Å². The van der Waals surface area contributed by atoms with Crippen LogP contribution in [0.1, 0.15) is 49.8 Å². The monoisotopic (exact) mass is 254 g/mol. The second-order valence-electron chi connectivity index (χ2n) is 4.75. The summed E-state index contributed by atoms with van der Waals surface area (Å²) in [5.74, 6) is -0.361. The molecule has 1 aromatic heterocycles. The van der Waals surface area contributed by atoms with E-state index in [2.05, 4.69) is 15.5 Å². The SMILES string of the molecule is CCCC(C)(O)CNC(=O)c1n[nH]c(CC)c1N. The van der Waals surface area contributed by atoms with Gasteiger partial charge in [0.25, 0.3) is 5.91 Å². The van der Waals surface area contributed by atoms with E-state index in [4.69, 9.17) is 5.73 Å². The van der Waals surface area contributed by atoms with Gasteiger partial charge in [0.1, 0.15) is 0 Å². The first kappa shape index (κ1) is 14.5. The minimum atomic E-state index is -0.900. The molecule has 1 heterocycles. The van der Waals surface area contributed by atoms with Crippen LogP contribution in [0, 0.1) is 0 Å². The lowest BCUT2D eigenvalue weighted by atomic mass is 10.0. The van der Waals surface area contributed by atoms with E-state index >= 15 is 0 Å². The number of rotatable bonds is 6. The Bertz CT molecular complexity index is 412. The van der Waals surface area contributed by atoms with Crippen molar-refractivity contribution in [3.63, 3.8) is 0 Å². The van der Waals surface area contributed by atoms with E-state index in [-0.39, 0.29) is 18.1 Å². The summed E-state index contributed by atoms with van der Waals surface area (Å²) in [5, 5.41) is 19.2. The predicted octanol–water partition coefficient (Wildman–Crippen LogP) is 0.835. The van der Waals surface area contributed by atoms with Crippen molar-refractivity contribution in [2.75, 3.05) is 12.3 Å². The van der Waals surface area contributed by atoms with Crippen LogP contribution in [0.25, 0.3) is 0 Å². The summed E-state index contributed by atoms with van der Waals surface area (Å²) in [6, 6.07) is 0. The molecule has 102 valence electrons. The quantitative estimate of drug-likeness (QED) is 0.603. The zero-order chi connectivity index (χ0) is 13.8. The molecule has 6 heteroatoms. The lowest BCUT2D eigenvalue weighted by molar-refractivity contribution is 0.0468. The number of hydrogen-bond donors (Lipinski definition) is 4. The molecule has 1 rings (SSSR count). The molecule has 0 aromatic carbocycles. The zero-order valence-corrected chi connectivity index (χ0v) is 11.2. The third-order valence-corrected chi connectivity index (χ3v) is 2.87. The molecule has 1 atom stereocenters. The van der Waals surface area contributed by atoms with Gasteiger partial charge in [-0.3, -0.25) is 9.89 Å². The largest absolute Gasteiger partial charge is 0.395 e. The topological polar surface area (TPSA) is 104 Å². The maximum absolute atomic E-state index is 11.9. The average molecular weight is 254 g/mol. The van der Waals surface area contributed by atoms with E-state index in [0.29, 0.717) is 18.5 Å². The molecule has 0 fully saturated rings. The first-order valence-electron chi connectivity index (χ1n) is 6.24. The van der Waals surface area contributed by atoms with Gasteiger partial charge in [-0.05, 0) is 19.8 Å². The van der Waals surface area contributed by atoms with Gasteiger partial charge in [0.2, 0.25) is 0 Å². The lowest BCUT2D eigenvalue weighted by Crippen LogP contribution is -2.40. The maximum Gasteiger partial charge on any atom is 0.274 e. The molecule has 5 N–H and O–H groups in total. The van der Waals surface area contributed by atoms with Crippen molar-refractivity contribution in [1.29, 1.82) is 0 Å². The highest BCUT2D eigenvalue weighted by Crippen LogP contribution is 2.15. The van der Waals surface area contributed by atoms with Gasteiger partial charge < -0.3 is 16.2 Å². The number of aryl methyl sites for hydroxylation is 1. The van der Waals surface area contributed by atoms with E-state index in [1.807, 2.05) is 13.8 Å². The maximum atomic E-state index is 11.9. The molecule has 0 spiro atoms. The van der Waals surface area contributed by atoms with Crippen LogP contribution in [0.15, 0.2) is 0 Å². The Kier molecular flexibility index (Phi) is 4.72. The number of nitrogens with zero attached hydrogens (tertiary/aromatic N) is 1. The number of hydrogen-bond acceptors (Lipinski definition) is 4. The zero-order valence-electron chi connectivity index (χ0n) is 11.2. The summed E-state index contributed by atoms with van der Waals surface area (Å²) in [7, 11) is 0. The minimum absolute atomic E-state index is 0.188. The number of nitrogens with two attached hydrogens (primary N) is 1. The molecule has 0 saturated heterocycles. The van der Waals surface area contributed by atoms with Gasteiger partial charge in [-0.2, -0.15) is 5.10 Å². The minimum Gasteiger partial charge on any atom is -0.395 e. The van der Waals surface area contributed by atoms with Crippen molar-refractivity contribution in [1.82, 2.24) is 15.5 Å². The molecule has 1 amide bonds. The molecule has 0 radical (unpaired) electrons. The van der Waals surface area contributed by atoms with Crippen LogP contribution in [0.4, 0.5) is 5.69 Å². The number of aliphatic hydroxyl groups is 1. The lowest BCUT2D eigenvalue weighted by Gasteiger charge is -2.22. The van der Waals surface area contributed by atoms with E-state index in [1.54, 1.807) is 6.92 Å². The normalized spacial score (nSPS) is 14.2. The Hall–Kier alpha value is -1.56. The number of amides is 1. The molecule has 1 aromatic rings. The summed E-state index contributed by atoms with van der Waals surface area (Å²) in [4.78, 5) is 11.9. The Morgan fingerprint density at radius 3 is 2.72 bits per heavy atom. The third-order valence-electron chi connectivity index (χ3n) is 2.87. The molecule has 6 nitrogen and oxygen atoms in total. The fourth-order valence-electron chi connectivity index (χ4n) is 1.81. The smallest absolute Gasteiger partial charge is 0.274 e. The Morgan fingerprint density at radius 1 is 1.56 bits per heavy atom. The number of aromatic amines is 1. The van der Waals surface area contributed by atoms with Crippen LogP contribution < -0.4 is 11.1 Å². The van der Waals surface area contributed by atoms with Gasteiger partial charge in [-0.15, -0.1) is 0 Å². The summed E-state index contributed by atoms with van der Waals surface area (Å²) < 4.78 is 0. The summed E-state index contributed by atoms with van der Waals surface area (Å²) in [6.07, 6.45) is 2.18. The van der Waals surface area contributed by atoms with E-state index in [1.165, 1.54) is 0 Å². The number of anilines is 1. The highest BCUT2D eigenvalue weighted by Gasteiger charge is 2.22. The molecule has 0 aliphatic carbocycles. The van der Waals surface area contributed by atoms with Crippen molar-refractivity contribution in [3.05, 3.63) is 11.4 Å². The first-order chi connectivity index (χ1) is 8.41.